The highest BCUT2D eigenvalue weighted by atomic mass is 79.9. The van der Waals surface area contributed by atoms with Crippen molar-refractivity contribution < 1.29 is 5.11 Å². The molecular formula is C9H14BrNOS. The number of rotatable bonds is 4. The van der Waals surface area contributed by atoms with Crippen LogP contribution in [0.4, 0.5) is 0 Å². The van der Waals surface area contributed by atoms with Crippen molar-refractivity contribution in [3.63, 3.8) is 0 Å². The van der Waals surface area contributed by atoms with Crippen molar-refractivity contribution in [2.45, 2.75) is 18.9 Å². The number of halogens is 1. The highest BCUT2D eigenvalue weighted by molar-refractivity contribution is 9.10. The number of thiophene rings is 1. The maximum atomic E-state index is 10.1. The Morgan fingerprint density at radius 2 is 2.38 bits per heavy atom. The number of aliphatic hydroxyl groups is 1. The smallest absolute Gasteiger partial charge is 0.0983 e. The van der Waals surface area contributed by atoms with Crippen molar-refractivity contribution in [2.75, 3.05) is 13.6 Å². The summed E-state index contributed by atoms with van der Waals surface area (Å²) >= 11 is 5.01. The molecule has 1 atom stereocenters. The van der Waals surface area contributed by atoms with E-state index in [9.17, 15) is 5.11 Å². The van der Waals surface area contributed by atoms with E-state index in [1.54, 1.807) is 11.3 Å². The van der Waals surface area contributed by atoms with E-state index in [0.717, 1.165) is 22.3 Å². The lowest BCUT2D eigenvalue weighted by molar-refractivity contribution is 0.0517. The van der Waals surface area contributed by atoms with Crippen LogP contribution in [-0.4, -0.2) is 18.7 Å². The van der Waals surface area contributed by atoms with Crippen LogP contribution in [0.5, 0.6) is 0 Å². The fourth-order valence-electron chi connectivity index (χ4n) is 1.16. The summed E-state index contributed by atoms with van der Waals surface area (Å²) in [6.07, 6.45) is 0.725. The van der Waals surface area contributed by atoms with Gasteiger partial charge in [0.1, 0.15) is 0 Å². The Labute approximate surface area is 91.1 Å². The molecule has 0 aromatic carbocycles. The zero-order valence-electron chi connectivity index (χ0n) is 7.80. The topological polar surface area (TPSA) is 32.3 Å². The molecular weight excluding hydrogens is 250 g/mol. The van der Waals surface area contributed by atoms with Gasteiger partial charge >= 0.3 is 0 Å². The molecule has 0 saturated heterocycles. The summed E-state index contributed by atoms with van der Waals surface area (Å²) in [4.78, 5) is 1.00. The third-order valence-electron chi connectivity index (χ3n) is 1.97. The normalized spacial score (nSPS) is 15.7. The van der Waals surface area contributed by atoms with Gasteiger partial charge in [0.25, 0.3) is 0 Å². The average Bonchev–Trinajstić information content (AvgIpc) is 2.48. The Balaban J connectivity index is 2.74. The minimum atomic E-state index is -0.726. The van der Waals surface area contributed by atoms with Gasteiger partial charge in [-0.15, -0.1) is 11.3 Å². The zero-order valence-corrected chi connectivity index (χ0v) is 10.2. The summed E-state index contributed by atoms with van der Waals surface area (Å²) in [5.74, 6) is 0. The fourth-order valence-corrected chi connectivity index (χ4v) is 3.05. The minimum absolute atomic E-state index is 0.725. The Hall–Kier alpha value is 0.100. The second-order valence-electron chi connectivity index (χ2n) is 3.23. The second kappa shape index (κ2) is 4.55. The van der Waals surface area contributed by atoms with Crippen molar-refractivity contribution >= 4 is 27.3 Å². The van der Waals surface area contributed by atoms with Crippen LogP contribution in [0.2, 0.25) is 0 Å². The first-order valence-corrected chi connectivity index (χ1v) is 5.85. The van der Waals surface area contributed by atoms with Crippen molar-refractivity contribution in [2.24, 2.45) is 0 Å². The Morgan fingerprint density at radius 1 is 1.69 bits per heavy atom. The van der Waals surface area contributed by atoms with Crippen LogP contribution in [0.3, 0.4) is 0 Å². The minimum Gasteiger partial charge on any atom is -0.385 e. The van der Waals surface area contributed by atoms with Crippen molar-refractivity contribution in [3.8, 4) is 0 Å². The summed E-state index contributed by atoms with van der Waals surface area (Å²) in [7, 11) is 1.89. The highest BCUT2D eigenvalue weighted by Crippen LogP contribution is 2.34. The van der Waals surface area contributed by atoms with Gasteiger partial charge in [-0.25, -0.2) is 0 Å². The molecule has 13 heavy (non-hydrogen) atoms. The first-order chi connectivity index (χ1) is 6.08. The molecule has 0 fully saturated rings. The van der Waals surface area contributed by atoms with E-state index in [-0.39, 0.29) is 0 Å². The van der Waals surface area contributed by atoms with Crippen molar-refractivity contribution in [1.29, 1.82) is 0 Å². The molecule has 0 radical (unpaired) electrons. The number of nitrogens with one attached hydrogen (secondary N) is 1. The van der Waals surface area contributed by atoms with E-state index in [0.29, 0.717) is 0 Å². The lowest BCUT2D eigenvalue weighted by Crippen LogP contribution is -2.25. The Kier molecular flexibility index (Phi) is 3.91. The summed E-state index contributed by atoms with van der Waals surface area (Å²) < 4.78 is 0.999. The van der Waals surface area contributed by atoms with Gasteiger partial charge < -0.3 is 10.4 Å². The Bertz CT molecular complexity index is 272. The number of hydrogen-bond donors (Lipinski definition) is 2. The summed E-state index contributed by atoms with van der Waals surface area (Å²) in [5, 5.41) is 15.1. The van der Waals surface area contributed by atoms with Gasteiger partial charge in [-0.2, -0.15) is 0 Å². The van der Waals surface area contributed by atoms with Crippen LogP contribution in [0.1, 0.15) is 18.2 Å². The van der Waals surface area contributed by atoms with Crippen molar-refractivity contribution in [3.05, 3.63) is 20.8 Å². The molecule has 1 rings (SSSR count). The lowest BCUT2D eigenvalue weighted by atomic mass is 10.0. The second-order valence-corrected chi connectivity index (χ2v) is 5.00. The third kappa shape index (κ3) is 2.77. The molecule has 1 aromatic rings. The molecule has 2 N–H and O–H groups in total. The molecule has 0 spiro atoms. The van der Waals surface area contributed by atoms with E-state index in [1.807, 2.05) is 25.4 Å². The molecule has 2 nitrogen and oxygen atoms in total. The van der Waals surface area contributed by atoms with Crippen LogP contribution >= 0.6 is 27.3 Å². The molecule has 0 amide bonds. The first kappa shape index (κ1) is 11.2. The van der Waals surface area contributed by atoms with Crippen molar-refractivity contribution in [1.82, 2.24) is 5.32 Å². The van der Waals surface area contributed by atoms with Crippen LogP contribution in [-0.2, 0) is 5.60 Å². The van der Waals surface area contributed by atoms with Gasteiger partial charge in [0, 0.05) is 4.47 Å². The maximum Gasteiger partial charge on any atom is 0.0983 e. The molecule has 0 saturated carbocycles. The monoisotopic (exact) mass is 263 g/mol. The molecule has 0 aliphatic heterocycles. The van der Waals surface area contributed by atoms with Gasteiger partial charge in [0.15, 0.2) is 0 Å². The molecule has 4 heteroatoms. The predicted molar refractivity (Wildman–Crippen MR) is 60.1 cm³/mol. The molecule has 1 aromatic heterocycles. The molecule has 0 aliphatic carbocycles. The first-order valence-electron chi connectivity index (χ1n) is 4.18. The Morgan fingerprint density at radius 3 is 2.85 bits per heavy atom. The molecule has 74 valence electrons. The quantitative estimate of drug-likeness (QED) is 0.874. The van der Waals surface area contributed by atoms with E-state index < -0.39 is 5.60 Å². The SMILES string of the molecule is CNCCC(C)(O)c1sccc1Br. The molecule has 0 aliphatic rings. The molecule has 1 heterocycles. The lowest BCUT2D eigenvalue weighted by Gasteiger charge is -2.22. The summed E-state index contributed by atoms with van der Waals surface area (Å²) in [6.45, 7) is 2.66. The molecule has 1 unspecified atom stereocenters. The average molecular weight is 264 g/mol. The van der Waals surface area contributed by atoms with Gasteiger partial charge in [0.05, 0.1) is 10.5 Å². The van der Waals surface area contributed by atoms with E-state index >= 15 is 0 Å². The predicted octanol–water partition coefficient (Wildman–Crippen LogP) is 2.33. The van der Waals surface area contributed by atoms with E-state index in [2.05, 4.69) is 21.2 Å². The maximum absolute atomic E-state index is 10.1. The standard InChI is InChI=1S/C9H14BrNOS/c1-9(12,4-5-11-2)8-7(10)3-6-13-8/h3,6,11-12H,4-5H2,1-2H3. The summed E-state index contributed by atoms with van der Waals surface area (Å²) in [6, 6.07) is 1.97. The third-order valence-corrected chi connectivity index (χ3v) is 4.06. The largest absolute Gasteiger partial charge is 0.385 e. The fraction of sp³-hybridized carbons (Fsp3) is 0.556. The number of hydrogen-bond acceptors (Lipinski definition) is 3. The summed E-state index contributed by atoms with van der Waals surface area (Å²) in [5.41, 5.74) is -0.726. The van der Waals surface area contributed by atoms with Crippen LogP contribution in [0, 0.1) is 0 Å². The van der Waals surface area contributed by atoms with E-state index in [1.165, 1.54) is 0 Å². The zero-order chi connectivity index (χ0) is 9.90. The van der Waals surface area contributed by atoms with Gasteiger partial charge in [-0.1, -0.05) is 0 Å². The van der Waals surface area contributed by atoms with Crippen LogP contribution in [0.15, 0.2) is 15.9 Å². The van der Waals surface area contributed by atoms with Crippen LogP contribution < -0.4 is 5.32 Å². The van der Waals surface area contributed by atoms with E-state index in [4.69, 9.17) is 0 Å². The molecule has 0 bridgehead atoms. The van der Waals surface area contributed by atoms with Gasteiger partial charge in [0.2, 0.25) is 0 Å². The van der Waals surface area contributed by atoms with Gasteiger partial charge in [-0.3, -0.25) is 0 Å². The van der Waals surface area contributed by atoms with Gasteiger partial charge in [-0.05, 0) is 54.3 Å². The van der Waals surface area contributed by atoms with Crippen LogP contribution in [0.25, 0.3) is 0 Å². The highest BCUT2D eigenvalue weighted by Gasteiger charge is 2.25.